The van der Waals surface area contributed by atoms with E-state index in [0.29, 0.717) is 24.4 Å². The average molecular weight is 433 g/mol. The maximum atomic E-state index is 13.0. The molecule has 172 valence electrons. The first-order chi connectivity index (χ1) is 15.5. The summed E-state index contributed by atoms with van der Waals surface area (Å²) in [6.45, 7) is 4.56. The van der Waals surface area contributed by atoms with Gasteiger partial charge in [0.1, 0.15) is 0 Å². The molecule has 4 bridgehead atoms. The predicted octanol–water partition coefficient (Wildman–Crippen LogP) is 5.36. The molecular weight excluding hydrogens is 392 g/mol. The Morgan fingerprint density at radius 1 is 1.03 bits per heavy atom. The van der Waals surface area contributed by atoms with Crippen LogP contribution in [0.1, 0.15) is 69.9 Å². The van der Waals surface area contributed by atoms with E-state index in [1.807, 2.05) is 0 Å². The Morgan fingerprint density at radius 3 is 2.38 bits per heavy atom. The van der Waals surface area contributed by atoms with Gasteiger partial charge in [0.05, 0.1) is 6.42 Å². The molecule has 1 aromatic carbocycles. The SMILES string of the molecule is C[C@H](Cc1cccc(CC(=O)NC23CC4CC(CC(C4)C2)C3)c1)N[C@H](C)C1C=CC=CC1. The molecule has 3 atom stereocenters. The van der Waals surface area contributed by atoms with Crippen LogP contribution in [-0.4, -0.2) is 23.5 Å². The molecule has 0 radical (unpaired) electrons. The highest BCUT2D eigenvalue weighted by Crippen LogP contribution is 2.55. The summed E-state index contributed by atoms with van der Waals surface area (Å²) in [5.41, 5.74) is 2.57. The van der Waals surface area contributed by atoms with Crippen molar-refractivity contribution in [2.75, 3.05) is 0 Å². The largest absolute Gasteiger partial charge is 0.350 e. The minimum Gasteiger partial charge on any atom is -0.350 e. The highest BCUT2D eigenvalue weighted by Gasteiger charge is 2.51. The third-order valence-electron chi connectivity index (χ3n) is 8.54. The van der Waals surface area contributed by atoms with Crippen LogP contribution in [0.4, 0.5) is 0 Å². The number of allylic oxidation sites excluding steroid dienone is 3. The molecule has 4 fully saturated rings. The summed E-state index contributed by atoms with van der Waals surface area (Å²) in [4.78, 5) is 13.0. The second kappa shape index (κ2) is 9.17. The summed E-state index contributed by atoms with van der Waals surface area (Å²) in [6.07, 6.45) is 19.4. The summed E-state index contributed by atoms with van der Waals surface area (Å²) in [5.74, 6) is 3.38. The van der Waals surface area contributed by atoms with E-state index in [9.17, 15) is 4.79 Å². The zero-order valence-corrected chi connectivity index (χ0v) is 19.9. The molecule has 0 spiro atoms. The molecule has 5 aliphatic rings. The molecule has 0 aromatic heterocycles. The van der Waals surface area contributed by atoms with Crippen LogP contribution in [0.25, 0.3) is 0 Å². The van der Waals surface area contributed by atoms with Crippen molar-refractivity contribution in [3.8, 4) is 0 Å². The molecule has 5 aliphatic carbocycles. The van der Waals surface area contributed by atoms with Crippen LogP contribution < -0.4 is 10.6 Å². The van der Waals surface area contributed by atoms with E-state index >= 15 is 0 Å². The lowest BCUT2D eigenvalue weighted by atomic mass is 9.53. The first kappa shape index (κ1) is 21.9. The molecular formula is C29H40N2O. The highest BCUT2D eigenvalue weighted by atomic mass is 16.1. The van der Waals surface area contributed by atoms with Crippen LogP contribution in [0.15, 0.2) is 48.6 Å². The Labute approximate surface area is 194 Å². The normalized spacial score (nSPS) is 34.4. The molecule has 0 heterocycles. The monoisotopic (exact) mass is 432 g/mol. The Hall–Kier alpha value is -1.87. The lowest BCUT2D eigenvalue weighted by Crippen LogP contribution is -2.60. The fraction of sp³-hybridized carbons (Fsp3) is 0.621. The van der Waals surface area contributed by atoms with E-state index in [1.54, 1.807) is 0 Å². The molecule has 0 saturated heterocycles. The van der Waals surface area contributed by atoms with Crippen molar-refractivity contribution in [2.24, 2.45) is 23.7 Å². The van der Waals surface area contributed by atoms with Crippen LogP contribution in [0.2, 0.25) is 0 Å². The van der Waals surface area contributed by atoms with E-state index in [2.05, 4.69) is 73.1 Å². The quantitative estimate of drug-likeness (QED) is 0.581. The van der Waals surface area contributed by atoms with Crippen molar-refractivity contribution in [1.29, 1.82) is 0 Å². The van der Waals surface area contributed by atoms with Gasteiger partial charge in [-0.2, -0.15) is 0 Å². The summed E-state index contributed by atoms with van der Waals surface area (Å²) in [5, 5.41) is 7.31. The van der Waals surface area contributed by atoms with Gasteiger partial charge in [0.25, 0.3) is 0 Å². The second-order valence-electron chi connectivity index (χ2n) is 11.5. The number of carbonyl (C=O) groups is 1. The van der Waals surface area contributed by atoms with Gasteiger partial charge in [-0.05, 0) is 100 Å². The standard InChI is InChI=1S/C29H40N2O/c1-20(30-21(2)27-9-4-3-5-10-27)11-22-7-6-8-23(12-22)16-28(32)31-29-17-24-13-25(18-29)15-26(14-24)19-29/h3-9,12,20-21,24-27,30H,10-11,13-19H2,1-2H3,(H,31,32)/t20-,21-,24?,25?,26?,27?,29?/m1/s1. The third kappa shape index (κ3) is 5.03. The lowest BCUT2D eigenvalue weighted by molar-refractivity contribution is -0.126. The Kier molecular flexibility index (Phi) is 6.29. The number of carbonyl (C=O) groups excluding carboxylic acids is 1. The van der Waals surface area contributed by atoms with E-state index in [0.717, 1.165) is 36.2 Å². The summed E-state index contributed by atoms with van der Waals surface area (Å²) in [7, 11) is 0. The van der Waals surface area contributed by atoms with Crippen molar-refractivity contribution in [3.63, 3.8) is 0 Å². The summed E-state index contributed by atoms with van der Waals surface area (Å²) in [6, 6.07) is 9.54. The van der Waals surface area contributed by atoms with Gasteiger partial charge in [0.2, 0.25) is 5.91 Å². The maximum absolute atomic E-state index is 13.0. The van der Waals surface area contributed by atoms with Crippen molar-refractivity contribution < 1.29 is 4.79 Å². The van der Waals surface area contributed by atoms with Gasteiger partial charge in [-0.25, -0.2) is 0 Å². The fourth-order valence-corrected chi connectivity index (χ4v) is 7.61. The molecule has 32 heavy (non-hydrogen) atoms. The zero-order chi connectivity index (χ0) is 22.1. The molecule has 0 aliphatic heterocycles. The second-order valence-corrected chi connectivity index (χ2v) is 11.5. The van der Waals surface area contributed by atoms with Gasteiger partial charge in [-0.3, -0.25) is 4.79 Å². The van der Waals surface area contributed by atoms with E-state index in [4.69, 9.17) is 0 Å². The minimum absolute atomic E-state index is 0.112. The van der Waals surface area contributed by atoms with Gasteiger partial charge >= 0.3 is 0 Å². The number of amides is 1. The van der Waals surface area contributed by atoms with Crippen molar-refractivity contribution >= 4 is 5.91 Å². The molecule has 1 aromatic rings. The molecule has 2 N–H and O–H groups in total. The number of benzene rings is 1. The van der Waals surface area contributed by atoms with Gasteiger partial charge < -0.3 is 10.6 Å². The lowest BCUT2D eigenvalue weighted by Gasteiger charge is -2.56. The summed E-state index contributed by atoms with van der Waals surface area (Å²) < 4.78 is 0. The number of hydrogen-bond donors (Lipinski definition) is 2. The zero-order valence-electron chi connectivity index (χ0n) is 19.9. The first-order valence-corrected chi connectivity index (χ1v) is 12.9. The van der Waals surface area contributed by atoms with Crippen LogP contribution in [0, 0.1) is 23.7 Å². The number of rotatable bonds is 8. The predicted molar refractivity (Wildman–Crippen MR) is 131 cm³/mol. The number of nitrogens with one attached hydrogen (secondary N) is 2. The maximum Gasteiger partial charge on any atom is 0.224 e. The third-order valence-corrected chi connectivity index (χ3v) is 8.54. The summed E-state index contributed by atoms with van der Waals surface area (Å²) >= 11 is 0. The van der Waals surface area contributed by atoms with Crippen LogP contribution >= 0.6 is 0 Å². The minimum atomic E-state index is 0.112. The van der Waals surface area contributed by atoms with E-state index in [1.165, 1.54) is 44.1 Å². The smallest absolute Gasteiger partial charge is 0.224 e. The van der Waals surface area contributed by atoms with Gasteiger partial charge in [-0.15, -0.1) is 0 Å². The molecule has 3 heteroatoms. The Balaban J connectivity index is 1.14. The van der Waals surface area contributed by atoms with E-state index < -0.39 is 0 Å². The molecule has 1 unspecified atom stereocenters. The molecule has 1 amide bonds. The number of hydrogen-bond acceptors (Lipinski definition) is 2. The van der Waals surface area contributed by atoms with Gasteiger partial charge in [0.15, 0.2) is 0 Å². The van der Waals surface area contributed by atoms with Gasteiger partial charge in [0, 0.05) is 17.6 Å². The molecule has 6 rings (SSSR count). The Bertz CT molecular complexity index is 850. The first-order valence-electron chi connectivity index (χ1n) is 12.9. The average Bonchev–Trinajstić information content (AvgIpc) is 2.73. The van der Waals surface area contributed by atoms with Crippen LogP contribution in [0.5, 0.6) is 0 Å². The van der Waals surface area contributed by atoms with Crippen molar-refractivity contribution in [3.05, 3.63) is 59.7 Å². The topological polar surface area (TPSA) is 41.1 Å². The van der Waals surface area contributed by atoms with Crippen LogP contribution in [0.3, 0.4) is 0 Å². The van der Waals surface area contributed by atoms with Gasteiger partial charge in [-0.1, -0.05) is 48.6 Å². The van der Waals surface area contributed by atoms with E-state index in [-0.39, 0.29) is 11.4 Å². The van der Waals surface area contributed by atoms with Crippen LogP contribution in [-0.2, 0) is 17.6 Å². The highest BCUT2D eigenvalue weighted by molar-refractivity contribution is 5.79. The fourth-order valence-electron chi connectivity index (χ4n) is 7.61. The van der Waals surface area contributed by atoms with Crippen molar-refractivity contribution in [2.45, 2.75) is 89.3 Å². The molecule has 3 nitrogen and oxygen atoms in total. The Morgan fingerprint density at radius 2 is 1.72 bits per heavy atom. The van der Waals surface area contributed by atoms with Crippen molar-refractivity contribution in [1.82, 2.24) is 10.6 Å². The molecule has 4 saturated carbocycles.